The number of hydrogen-bond donors (Lipinski definition) is 1. The molecule has 0 spiro atoms. The summed E-state index contributed by atoms with van der Waals surface area (Å²) in [5, 5.41) is 12.0. The van der Waals surface area contributed by atoms with E-state index in [0.29, 0.717) is 5.84 Å². The molecule has 7 heteroatoms. The number of aliphatic imine (C=N–C) groups is 2. The maximum atomic E-state index is 5.50. The van der Waals surface area contributed by atoms with Gasteiger partial charge in [0.25, 0.3) is 0 Å². The van der Waals surface area contributed by atoms with Crippen LogP contribution in [0.4, 0.5) is 0 Å². The molecule has 0 aliphatic carbocycles. The zero-order valence-electron chi connectivity index (χ0n) is 7.01. The molecular formula is C6H8N6S. The molecule has 0 fully saturated rings. The second-order valence-electron chi connectivity index (χ2n) is 2.42. The molecule has 0 aromatic rings. The quantitative estimate of drug-likeness (QED) is 0.666. The number of guanidine groups is 1. The van der Waals surface area contributed by atoms with Crippen molar-refractivity contribution in [3.05, 3.63) is 0 Å². The summed E-state index contributed by atoms with van der Waals surface area (Å²) in [6.45, 7) is 2.04. The molecule has 0 bridgehead atoms. The molecule has 2 rings (SSSR count). The highest BCUT2D eigenvalue weighted by molar-refractivity contribution is 8.14. The number of thioether (sulfide) groups is 1. The van der Waals surface area contributed by atoms with E-state index < -0.39 is 0 Å². The van der Waals surface area contributed by atoms with Gasteiger partial charge in [0.05, 0.1) is 0 Å². The predicted octanol–water partition coefficient (Wildman–Crippen LogP) is 0.614. The first-order chi connectivity index (χ1) is 6.31. The number of nitrogens with zero attached hydrogens (tertiary/aromatic N) is 5. The minimum Gasteiger partial charge on any atom is -0.368 e. The first-order valence-corrected chi connectivity index (χ1v) is 4.83. The fourth-order valence-electron chi connectivity index (χ4n) is 1.05. The Morgan fingerprint density at radius 1 is 1.46 bits per heavy atom. The Kier molecular flexibility index (Phi) is 2.09. The second kappa shape index (κ2) is 3.25. The van der Waals surface area contributed by atoms with Crippen molar-refractivity contribution in [1.82, 2.24) is 0 Å². The van der Waals surface area contributed by atoms with Gasteiger partial charge in [-0.3, -0.25) is 0 Å². The molecule has 2 aliphatic rings. The van der Waals surface area contributed by atoms with Gasteiger partial charge in [0, 0.05) is 0 Å². The van der Waals surface area contributed by atoms with Gasteiger partial charge in [0.15, 0.2) is 11.9 Å². The van der Waals surface area contributed by atoms with Gasteiger partial charge in [0.2, 0.25) is 5.96 Å². The Morgan fingerprint density at radius 2 is 2.31 bits per heavy atom. The highest BCUT2D eigenvalue weighted by Gasteiger charge is 2.29. The van der Waals surface area contributed by atoms with Gasteiger partial charge in [-0.05, 0) is 11.0 Å². The summed E-state index contributed by atoms with van der Waals surface area (Å²) >= 11 is 1.59. The van der Waals surface area contributed by atoms with E-state index in [1.807, 2.05) is 6.92 Å². The van der Waals surface area contributed by atoms with E-state index in [4.69, 9.17) is 5.73 Å². The maximum absolute atomic E-state index is 5.50. The first kappa shape index (κ1) is 8.36. The van der Waals surface area contributed by atoms with E-state index in [2.05, 4.69) is 25.4 Å². The molecule has 0 saturated heterocycles. The summed E-state index contributed by atoms with van der Waals surface area (Å²) in [5.41, 5.74) is 5.50. The summed E-state index contributed by atoms with van der Waals surface area (Å²) in [6.07, 6.45) is 0. The molecule has 1 atom stereocenters. The van der Waals surface area contributed by atoms with Crippen molar-refractivity contribution in [3.8, 4) is 0 Å². The van der Waals surface area contributed by atoms with Crippen LogP contribution in [0.15, 0.2) is 25.4 Å². The van der Waals surface area contributed by atoms with Crippen molar-refractivity contribution in [2.24, 2.45) is 31.2 Å². The van der Waals surface area contributed by atoms with E-state index in [0.717, 1.165) is 10.8 Å². The largest absolute Gasteiger partial charge is 0.368 e. The Balaban J connectivity index is 2.30. The van der Waals surface area contributed by atoms with Gasteiger partial charge in [-0.25, -0.2) is 4.99 Å². The highest BCUT2D eigenvalue weighted by Crippen LogP contribution is 2.19. The zero-order valence-corrected chi connectivity index (χ0v) is 7.82. The smallest absolute Gasteiger partial charge is 0.222 e. The van der Waals surface area contributed by atoms with Crippen molar-refractivity contribution in [2.75, 3.05) is 5.75 Å². The van der Waals surface area contributed by atoms with Gasteiger partial charge in [0.1, 0.15) is 5.04 Å². The van der Waals surface area contributed by atoms with E-state index in [-0.39, 0.29) is 12.0 Å². The molecule has 13 heavy (non-hydrogen) atoms. The van der Waals surface area contributed by atoms with Crippen molar-refractivity contribution in [3.63, 3.8) is 0 Å². The van der Waals surface area contributed by atoms with Crippen LogP contribution in [-0.4, -0.2) is 28.6 Å². The number of rotatable bonds is 1. The van der Waals surface area contributed by atoms with Crippen LogP contribution in [-0.2, 0) is 0 Å². The van der Waals surface area contributed by atoms with E-state index >= 15 is 0 Å². The lowest BCUT2D eigenvalue weighted by molar-refractivity contribution is 1.00. The highest BCUT2D eigenvalue weighted by atomic mass is 32.2. The first-order valence-electron chi connectivity index (χ1n) is 3.84. The van der Waals surface area contributed by atoms with E-state index in [1.54, 1.807) is 11.8 Å². The molecule has 0 aromatic heterocycles. The minimum atomic E-state index is -0.211. The van der Waals surface area contributed by atoms with Crippen LogP contribution in [0.1, 0.15) is 6.92 Å². The van der Waals surface area contributed by atoms with Gasteiger partial charge in [-0.2, -0.15) is 10.1 Å². The van der Waals surface area contributed by atoms with Gasteiger partial charge in [-0.1, -0.05) is 6.92 Å². The summed E-state index contributed by atoms with van der Waals surface area (Å²) in [5.74, 6) is 1.70. The van der Waals surface area contributed by atoms with Crippen molar-refractivity contribution in [2.45, 2.75) is 13.0 Å². The molecule has 2 heterocycles. The van der Waals surface area contributed by atoms with Crippen LogP contribution in [0.3, 0.4) is 0 Å². The number of hydrogen-bond acceptors (Lipinski definition) is 7. The molecule has 2 aliphatic heterocycles. The third-order valence-corrected chi connectivity index (χ3v) is 2.44. The minimum absolute atomic E-state index is 0.211. The molecule has 68 valence electrons. The molecule has 6 nitrogen and oxygen atoms in total. The lowest BCUT2D eigenvalue weighted by atomic mass is 10.3. The average Bonchev–Trinajstić information content (AvgIpc) is 2.52. The normalized spacial score (nSPS) is 25.0. The fourth-order valence-corrected chi connectivity index (χ4v) is 1.81. The van der Waals surface area contributed by atoms with Crippen LogP contribution in [0, 0.1) is 0 Å². The van der Waals surface area contributed by atoms with Crippen LogP contribution in [0.2, 0.25) is 0 Å². The number of amidine groups is 1. The Bertz CT molecular complexity index is 341. The van der Waals surface area contributed by atoms with Crippen LogP contribution in [0.25, 0.3) is 0 Å². The summed E-state index contributed by atoms with van der Waals surface area (Å²) in [6, 6.07) is -0.211. The van der Waals surface area contributed by atoms with Crippen molar-refractivity contribution >= 4 is 28.6 Å². The number of nitrogens with two attached hydrogens (primary N) is 1. The summed E-state index contributed by atoms with van der Waals surface area (Å²) < 4.78 is 0. The third-order valence-electron chi connectivity index (χ3n) is 1.54. The summed E-state index contributed by atoms with van der Waals surface area (Å²) in [7, 11) is 0. The summed E-state index contributed by atoms with van der Waals surface area (Å²) in [4.78, 5) is 8.02. The van der Waals surface area contributed by atoms with Gasteiger partial charge in [-0.15, -0.1) is 16.9 Å². The standard InChI is InChI=1S/C6H8N6S/c1-2-13-5-3-4(11-12-10-3)8-6(7)9-5/h3H,2H2,1H3,(H2,7,8,10,11). The molecular weight excluding hydrogens is 188 g/mol. The SMILES string of the molecule is CCSC1=NC(N)=NC2=NN=NC21. The second-order valence-corrected chi connectivity index (χ2v) is 3.70. The van der Waals surface area contributed by atoms with E-state index in [9.17, 15) is 0 Å². The lowest BCUT2D eigenvalue weighted by Crippen LogP contribution is -2.31. The van der Waals surface area contributed by atoms with Gasteiger partial charge >= 0.3 is 0 Å². The molecule has 0 radical (unpaired) electrons. The molecule has 1 unspecified atom stereocenters. The molecule has 0 saturated carbocycles. The fraction of sp³-hybridized carbons (Fsp3) is 0.500. The Labute approximate surface area is 79.1 Å². The van der Waals surface area contributed by atoms with Crippen LogP contribution < -0.4 is 5.73 Å². The van der Waals surface area contributed by atoms with Crippen molar-refractivity contribution < 1.29 is 0 Å². The number of fused-ring (bicyclic) bond motifs is 1. The van der Waals surface area contributed by atoms with Crippen LogP contribution >= 0.6 is 11.8 Å². The zero-order chi connectivity index (χ0) is 9.26. The van der Waals surface area contributed by atoms with Crippen molar-refractivity contribution in [1.29, 1.82) is 0 Å². The maximum Gasteiger partial charge on any atom is 0.222 e. The molecule has 2 N–H and O–H groups in total. The monoisotopic (exact) mass is 196 g/mol. The third kappa shape index (κ3) is 1.46. The Morgan fingerprint density at radius 3 is 3.08 bits per heavy atom. The van der Waals surface area contributed by atoms with Gasteiger partial charge < -0.3 is 5.73 Å². The Hall–Kier alpha value is -1.24. The predicted molar refractivity (Wildman–Crippen MR) is 53.3 cm³/mol. The molecule has 0 amide bonds. The molecule has 0 aromatic carbocycles. The topological polar surface area (TPSA) is 87.8 Å². The lowest BCUT2D eigenvalue weighted by Gasteiger charge is -2.12. The van der Waals surface area contributed by atoms with E-state index in [1.165, 1.54) is 0 Å². The van der Waals surface area contributed by atoms with Crippen LogP contribution in [0.5, 0.6) is 0 Å². The average molecular weight is 196 g/mol.